The van der Waals surface area contributed by atoms with Crippen molar-refractivity contribution in [3.05, 3.63) is 90.0 Å². The van der Waals surface area contributed by atoms with Crippen molar-refractivity contribution in [2.24, 2.45) is 4.99 Å². The maximum atomic E-state index is 5.84. The molecule has 0 aliphatic carbocycles. The average Bonchev–Trinajstić information content (AvgIpc) is 2.76. The van der Waals surface area contributed by atoms with Crippen LogP contribution in [0.25, 0.3) is 0 Å². The Labute approximate surface area is 165 Å². The molecule has 6 nitrogen and oxygen atoms in total. The second kappa shape index (κ2) is 10.7. The van der Waals surface area contributed by atoms with Crippen molar-refractivity contribution >= 4 is 5.96 Å². The van der Waals surface area contributed by atoms with Crippen LogP contribution in [0, 0.1) is 0 Å². The van der Waals surface area contributed by atoms with Crippen LogP contribution in [0.1, 0.15) is 17.0 Å². The smallest absolute Gasteiger partial charge is 0.191 e. The van der Waals surface area contributed by atoms with E-state index in [1.807, 2.05) is 60.8 Å². The van der Waals surface area contributed by atoms with Gasteiger partial charge in [-0.3, -0.25) is 15.0 Å². The molecule has 1 aromatic carbocycles. The van der Waals surface area contributed by atoms with Gasteiger partial charge >= 0.3 is 0 Å². The topological polar surface area (TPSA) is 71.4 Å². The molecule has 0 bridgehead atoms. The summed E-state index contributed by atoms with van der Waals surface area (Å²) < 4.78 is 5.84. The van der Waals surface area contributed by atoms with E-state index in [0.29, 0.717) is 13.2 Å². The zero-order valence-corrected chi connectivity index (χ0v) is 16.0. The summed E-state index contributed by atoms with van der Waals surface area (Å²) in [5.41, 5.74) is 3.08. The van der Waals surface area contributed by atoms with E-state index in [2.05, 4.69) is 31.7 Å². The monoisotopic (exact) mass is 375 g/mol. The third kappa shape index (κ3) is 6.39. The molecule has 144 valence electrons. The summed E-state index contributed by atoms with van der Waals surface area (Å²) in [5.74, 6) is 1.58. The van der Waals surface area contributed by atoms with Gasteiger partial charge in [0.2, 0.25) is 0 Å². The van der Waals surface area contributed by atoms with Crippen molar-refractivity contribution in [3.63, 3.8) is 0 Å². The molecule has 2 N–H and O–H groups in total. The van der Waals surface area contributed by atoms with E-state index in [9.17, 15) is 0 Å². The van der Waals surface area contributed by atoms with Crippen LogP contribution in [0.3, 0.4) is 0 Å². The number of ether oxygens (including phenoxy) is 1. The number of rotatable bonds is 8. The molecule has 2 heterocycles. The summed E-state index contributed by atoms with van der Waals surface area (Å²) in [7, 11) is 1.77. The molecule has 0 saturated heterocycles. The Morgan fingerprint density at radius 2 is 1.71 bits per heavy atom. The summed E-state index contributed by atoms with van der Waals surface area (Å²) >= 11 is 0. The van der Waals surface area contributed by atoms with Crippen LogP contribution < -0.4 is 15.4 Å². The lowest BCUT2D eigenvalue weighted by Crippen LogP contribution is -2.37. The van der Waals surface area contributed by atoms with Gasteiger partial charge in [-0.2, -0.15) is 0 Å². The minimum Gasteiger partial charge on any atom is -0.487 e. The van der Waals surface area contributed by atoms with Crippen LogP contribution in [-0.4, -0.2) is 29.5 Å². The number of nitrogens with zero attached hydrogens (tertiary/aromatic N) is 3. The zero-order chi connectivity index (χ0) is 19.4. The molecule has 0 amide bonds. The first-order chi connectivity index (χ1) is 13.8. The highest BCUT2D eigenvalue weighted by Gasteiger charge is 2.02. The Balaban J connectivity index is 1.45. The lowest BCUT2D eigenvalue weighted by atomic mass is 10.2. The third-order valence-corrected chi connectivity index (χ3v) is 4.09. The second-order valence-corrected chi connectivity index (χ2v) is 6.18. The molecular formula is C22H25N5O. The molecule has 28 heavy (non-hydrogen) atoms. The van der Waals surface area contributed by atoms with Gasteiger partial charge in [-0.1, -0.05) is 24.3 Å². The van der Waals surface area contributed by atoms with Gasteiger partial charge in [0.05, 0.1) is 5.69 Å². The average molecular weight is 375 g/mol. The summed E-state index contributed by atoms with van der Waals surface area (Å²) in [6.07, 6.45) is 4.43. The van der Waals surface area contributed by atoms with E-state index in [0.717, 1.165) is 41.6 Å². The van der Waals surface area contributed by atoms with Crippen LogP contribution in [0.15, 0.2) is 78.0 Å². The Kier molecular flexibility index (Phi) is 7.37. The highest BCUT2D eigenvalue weighted by molar-refractivity contribution is 5.79. The molecule has 2 aromatic heterocycles. The van der Waals surface area contributed by atoms with E-state index >= 15 is 0 Å². The summed E-state index contributed by atoms with van der Waals surface area (Å²) in [6, 6.07) is 19.8. The number of aliphatic imine (C=N–C) groups is 1. The summed E-state index contributed by atoms with van der Waals surface area (Å²) in [4.78, 5) is 12.9. The van der Waals surface area contributed by atoms with Gasteiger partial charge in [-0.15, -0.1) is 0 Å². The maximum Gasteiger partial charge on any atom is 0.191 e. The molecule has 6 heteroatoms. The fourth-order valence-corrected chi connectivity index (χ4v) is 2.65. The van der Waals surface area contributed by atoms with Gasteiger partial charge in [0.25, 0.3) is 0 Å². The number of pyridine rings is 2. The van der Waals surface area contributed by atoms with E-state index in [4.69, 9.17) is 4.74 Å². The highest BCUT2D eigenvalue weighted by Crippen LogP contribution is 2.14. The normalized spacial score (nSPS) is 11.1. The number of benzene rings is 1. The van der Waals surface area contributed by atoms with Gasteiger partial charge < -0.3 is 15.4 Å². The maximum absolute atomic E-state index is 5.84. The number of nitrogens with one attached hydrogen (secondary N) is 2. The minimum absolute atomic E-state index is 0.453. The Hall–Kier alpha value is -3.41. The van der Waals surface area contributed by atoms with E-state index < -0.39 is 0 Å². The third-order valence-electron chi connectivity index (χ3n) is 4.09. The van der Waals surface area contributed by atoms with Crippen molar-refractivity contribution in [1.29, 1.82) is 0 Å². The van der Waals surface area contributed by atoms with Gasteiger partial charge in [0.15, 0.2) is 5.96 Å². The van der Waals surface area contributed by atoms with E-state index in [1.54, 1.807) is 13.2 Å². The lowest BCUT2D eigenvalue weighted by Gasteiger charge is -2.13. The highest BCUT2D eigenvalue weighted by atomic mass is 16.5. The van der Waals surface area contributed by atoms with Crippen molar-refractivity contribution in [3.8, 4) is 5.75 Å². The first kappa shape index (κ1) is 19.4. The van der Waals surface area contributed by atoms with Gasteiger partial charge in [0.1, 0.15) is 12.4 Å². The molecule has 0 unspecified atom stereocenters. The molecule has 0 aliphatic heterocycles. The molecule has 0 atom stereocenters. The summed E-state index contributed by atoms with van der Waals surface area (Å²) in [5, 5.41) is 6.63. The first-order valence-corrected chi connectivity index (χ1v) is 9.29. The van der Waals surface area contributed by atoms with Crippen LogP contribution in [0.2, 0.25) is 0 Å². The molecule has 0 radical (unpaired) electrons. The number of guanidine groups is 1. The van der Waals surface area contributed by atoms with Crippen LogP contribution >= 0.6 is 0 Å². The molecule has 0 saturated carbocycles. The predicted molar refractivity (Wildman–Crippen MR) is 111 cm³/mol. The fourth-order valence-electron chi connectivity index (χ4n) is 2.65. The SMILES string of the molecule is CN=C(NCCc1ccccn1)NCc1cccc(OCc2ccccn2)c1. The van der Waals surface area contributed by atoms with Crippen molar-refractivity contribution < 1.29 is 4.74 Å². The van der Waals surface area contributed by atoms with Crippen molar-refractivity contribution in [1.82, 2.24) is 20.6 Å². The van der Waals surface area contributed by atoms with Gasteiger partial charge in [-0.25, -0.2) is 0 Å². The molecule has 0 spiro atoms. The number of aromatic nitrogens is 2. The summed E-state index contributed by atoms with van der Waals surface area (Å²) in [6.45, 7) is 1.88. The van der Waals surface area contributed by atoms with Crippen LogP contribution in [0.4, 0.5) is 0 Å². The van der Waals surface area contributed by atoms with Crippen LogP contribution in [-0.2, 0) is 19.6 Å². The van der Waals surface area contributed by atoms with E-state index in [-0.39, 0.29) is 0 Å². The quantitative estimate of drug-likeness (QED) is 0.468. The number of hydrogen-bond donors (Lipinski definition) is 2. The fraction of sp³-hybridized carbons (Fsp3) is 0.227. The molecule has 3 aromatic rings. The van der Waals surface area contributed by atoms with Crippen molar-refractivity contribution in [2.75, 3.05) is 13.6 Å². The van der Waals surface area contributed by atoms with Gasteiger partial charge in [-0.05, 0) is 42.0 Å². The Bertz CT molecular complexity index is 868. The van der Waals surface area contributed by atoms with E-state index in [1.165, 1.54) is 0 Å². The minimum atomic E-state index is 0.453. The first-order valence-electron chi connectivity index (χ1n) is 9.29. The van der Waals surface area contributed by atoms with Gasteiger partial charge in [0, 0.05) is 44.6 Å². The zero-order valence-electron chi connectivity index (χ0n) is 16.0. The Morgan fingerprint density at radius 3 is 2.43 bits per heavy atom. The largest absolute Gasteiger partial charge is 0.487 e. The second-order valence-electron chi connectivity index (χ2n) is 6.18. The lowest BCUT2D eigenvalue weighted by molar-refractivity contribution is 0.301. The Morgan fingerprint density at radius 1 is 0.929 bits per heavy atom. The predicted octanol–water partition coefficient (Wildman–Crippen LogP) is 2.96. The standard InChI is InChI=1S/C22H25N5O/c1-23-22(26-14-11-19-8-2-4-12-24-19)27-16-18-7-6-10-21(15-18)28-17-20-9-3-5-13-25-20/h2-10,12-13,15H,11,14,16-17H2,1H3,(H2,23,26,27). The molecule has 0 fully saturated rings. The van der Waals surface area contributed by atoms with Crippen LogP contribution in [0.5, 0.6) is 5.75 Å². The van der Waals surface area contributed by atoms with Crippen molar-refractivity contribution in [2.45, 2.75) is 19.6 Å². The number of hydrogen-bond acceptors (Lipinski definition) is 4. The molecule has 0 aliphatic rings. The molecular weight excluding hydrogens is 350 g/mol. The molecule has 3 rings (SSSR count).